The lowest BCUT2D eigenvalue weighted by molar-refractivity contribution is -0.385. The van der Waals surface area contributed by atoms with Crippen LogP contribution in [0, 0.1) is 21.7 Å². The van der Waals surface area contributed by atoms with E-state index in [9.17, 15) is 18.9 Å². The highest BCUT2D eigenvalue weighted by atomic mass is 35.5. The van der Waals surface area contributed by atoms with Crippen molar-refractivity contribution in [3.63, 3.8) is 0 Å². The highest BCUT2D eigenvalue weighted by Gasteiger charge is 2.11. The largest absolute Gasteiger partial charge is 0.381 e. The number of hydrogen-bond acceptors (Lipinski definition) is 3. The monoisotopic (exact) mass is 298 g/mol. The molecule has 0 fully saturated rings. The van der Waals surface area contributed by atoms with Gasteiger partial charge in [0.05, 0.1) is 11.0 Å². The SMILES string of the molecule is O=[N+]([O-])c1cc(F)cc(NCc2c(F)cccc2Cl)c1. The third-order valence-corrected chi connectivity index (χ3v) is 2.98. The Morgan fingerprint density at radius 3 is 2.65 bits per heavy atom. The lowest BCUT2D eigenvalue weighted by Crippen LogP contribution is -2.03. The van der Waals surface area contributed by atoms with E-state index in [4.69, 9.17) is 11.6 Å². The van der Waals surface area contributed by atoms with Crippen molar-refractivity contribution in [1.82, 2.24) is 0 Å². The molecule has 0 aliphatic rings. The highest BCUT2D eigenvalue weighted by molar-refractivity contribution is 6.31. The Bertz CT molecular complexity index is 645. The van der Waals surface area contributed by atoms with E-state index >= 15 is 0 Å². The summed E-state index contributed by atoms with van der Waals surface area (Å²) in [5.74, 6) is -1.25. The first-order valence-corrected chi connectivity index (χ1v) is 5.97. The number of non-ortho nitro benzene ring substituents is 1. The molecule has 4 nitrogen and oxygen atoms in total. The zero-order valence-corrected chi connectivity index (χ0v) is 10.8. The standard InChI is InChI=1S/C13H9ClF2N2O2/c14-12-2-1-3-13(16)11(12)7-17-9-4-8(15)5-10(6-9)18(19)20/h1-6,17H,7H2. The maximum Gasteiger partial charge on any atom is 0.274 e. The molecule has 7 heteroatoms. The van der Waals surface area contributed by atoms with Gasteiger partial charge >= 0.3 is 0 Å². The number of nitro benzene ring substituents is 1. The summed E-state index contributed by atoms with van der Waals surface area (Å²) in [4.78, 5) is 9.91. The summed E-state index contributed by atoms with van der Waals surface area (Å²) in [5.41, 5.74) is 0.00392. The third-order valence-electron chi connectivity index (χ3n) is 2.62. The van der Waals surface area contributed by atoms with Crippen molar-refractivity contribution < 1.29 is 13.7 Å². The smallest absolute Gasteiger partial charge is 0.274 e. The molecule has 0 heterocycles. The normalized spacial score (nSPS) is 10.3. The number of benzene rings is 2. The molecule has 1 N–H and O–H groups in total. The molecule has 2 aromatic carbocycles. The second kappa shape index (κ2) is 5.83. The topological polar surface area (TPSA) is 55.2 Å². The van der Waals surface area contributed by atoms with Gasteiger partial charge in [-0.3, -0.25) is 10.1 Å². The maximum atomic E-state index is 13.5. The third kappa shape index (κ3) is 3.21. The summed E-state index contributed by atoms with van der Waals surface area (Å²) in [6.07, 6.45) is 0. The minimum Gasteiger partial charge on any atom is -0.381 e. The Kier molecular flexibility index (Phi) is 4.14. The molecule has 0 atom stereocenters. The number of halogens is 3. The molecule has 0 saturated carbocycles. The van der Waals surface area contributed by atoms with Crippen LogP contribution in [0.5, 0.6) is 0 Å². The summed E-state index contributed by atoms with van der Waals surface area (Å²) < 4.78 is 26.8. The van der Waals surface area contributed by atoms with Crippen LogP contribution in [0.2, 0.25) is 5.02 Å². The molecule has 0 unspecified atom stereocenters. The summed E-state index contributed by atoms with van der Waals surface area (Å²) >= 11 is 5.85. The van der Waals surface area contributed by atoms with E-state index in [2.05, 4.69) is 5.32 Å². The molecule has 0 radical (unpaired) electrons. The van der Waals surface area contributed by atoms with Crippen LogP contribution in [0.25, 0.3) is 0 Å². The first-order valence-electron chi connectivity index (χ1n) is 5.59. The molecule has 0 aliphatic carbocycles. The zero-order valence-electron chi connectivity index (χ0n) is 10.1. The minimum absolute atomic E-state index is 0.00782. The molecule has 0 aromatic heterocycles. The zero-order chi connectivity index (χ0) is 14.7. The number of nitrogens with zero attached hydrogens (tertiary/aromatic N) is 1. The molecule has 0 bridgehead atoms. The van der Waals surface area contributed by atoms with Gasteiger partial charge in [0, 0.05) is 28.9 Å². The molecule has 0 spiro atoms. The molecule has 0 aliphatic heterocycles. The van der Waals surface area contributed by atoms with Crippen LogP contribution in [0.4, 0.5) is 20.2 Å². The summed E-state index contributed by atoms with van der Waals surface area (Å²) in [6, 6.07) is 7.29. The molecule has 20 heavy (non-hydrogen) atoms. The summed E-state index contributed by atoms with van der Waals surface area (Å²) in [6.45, 7) is -0.00782. The van der Waals surface area contributed by atoms with Crippen molar-refractivity contribution in [2.75, 3.05) is 5.32 Å². The van der Waals surface area contributed by atoms with Crippen LogP contribution in [0.3, 0.4) is 0 Å². The van der Waals surface area contributed by atoms with Crippen LogP contribution in [0.15, 0.2) is 36.4 Å². The number of hydrogen-bond donors (Lipinski definition) is 1. The fourth-order valence-corrected chi connectivity index (χ4v) is 1.90. The van der Waals surface area contributed by atoms with Crippen molar-refractivity contribution in [1.29, 1.82) is 0 Å². The van der Waals surface area contributed by atoms with Crippen LogP contribution < -0.4 is 5.32 Å². The number of rotatable bonds is 4. The molecule has 2 rings (SSSR count). The maximum absolute atomic E-state index is 13.5. The highest BCUT2D eigenvalue weighted by Crippen LogP contribution is 2.23. The van der Waals surface area contributed by atoms with E-state index in [1.54, 1.807) is 0 Å². The van der Waals surface area contributed by atoms with Crippen LogP contribution in [-0.4, -0.2) is 4.92 Å². The van der Waals surface area contributed by atoms with Crippen molar-refractivity contribution >= 4 is 23.0 Å². The van der Waals surface area contributed by atoms with E-state index < -0.39 is 16.6 Å². The molecule has 0 amide bonds. The average molecular weight is 299 g/mol. The Labute approximate surface area is 118 Å². The van der Waals surface area contributed by atoms with E-state index in [0.717, 1.165) is 18.2 Å². The van der Waals surface area contributed by atoms with Gasteiger partial charge in [-0.1, -0.05) is 17.7 Å². The summed E-state index contributed by atoms with van der Waals surface area (Å²) in [7, 11) is 0. The van der Waals surface area contributed by atoms with Gasteiger partial charge in [0.2, 0.25) is 0 Å². The van der Waals surface area contributed by atoms with Gasteiger partial charge in [0.25, 0.3) is 5.69 Å². The predicted molar refractivity (Wildman–Crippen MR) is 71.8 cm³/mol. The van der Waals surface area contributed by atoms with Crippen LogP contribution in [0.1, 0.15) is 5.56 Å². The van der Waals surface area contributed by atoms with Gasteiger partial charge in [0.15, 0.2) is 0 Å². The minimum atomic E-state index is -0.749. The van der Waals surface area contributed by atoms with E-state index in [0.29, 0.717) is 0 Å². The Morgan fingerprint density at radius 1 is 1.25 bits per heavy atom. The van der Waals surface area contributed by atoms with E-state index in [1.807, 2.05) is 0 Å². The van der Waals surface area contributed by atoms with E-state index in [-0.39, 0.29) is 28.5 Å². The van der Waals surface area contributed by atoms with Crippen molar-refractivity contribution in [3.8, 4) is 0 Å². The predicted octanol–water partition coefficient (Wildman–Crippen LogP) is 4.14. The Balaban J connectivity index is 2.21. The average Bonchev–Trinajstić information content (AvgIpc) is 2.37. The van der Waals surface area contributed by atoms with Crippen molar-refractivity contribution in [2.45, 2.75) is 6.54 Å². The second-order valence-electron chi connectivity index (χ2n) is 4.01. The van der Waals surface area contributed by atoms with Crippen molar-refractivity contribution in [3.05, 3.63) is 68.7 Å². The summed E-state index contributed by atoms with van der Waals surface area (Å²) in [5, 5.41) is 13.6. The molecule has 104 valence electrons. The van der Waals surface area contributed by atoms with Crippen molar-refractivity contribution in [2.24, 2.45) is 0 Å². The van der Waals surface area contributed by atoms with Gasteiger partial charge in [-0.05, 0) is 18.2 Å². The molecular weight excluding hydrogens is 290 g/mol. The molecule has 0 saturated heterocycles. The Hall–Kier alpha value is -2.21. The number of nitro groups is 1. The second-order valence-corrected chi connectivity index (χ2v) is 4.42. The molecular formula is C13H9ClF2N2O2. The Morgan fingerprint density at radius 2 is 2.00 bits per heavy atom. The first kappa shape index (κ1) is 14.2. The van der Waals surface area contributed by atoms with E-state index in [1.165, 1.54) is 18.2 Å². The lowest BCUT2D eigenvalue weighted by Gasteiger charge is -2.09. The molecule has 2 aromatic rings. The number of anilines is 1. The lowest BCUT2D eigenvalue weighted by atomic mass is 10.2. The first-order chi connectivity index (χ1) is 9.47. The van der Waals surface area contributed by atoms with Gasteiger partial charge < -0.3 is 5.32 Å². The number of nitrogens with one attached hydrogen (secondary N) is 1. The van der Waals surface area contributed by atoms with Gasteiger partial charge in [-0.2, -0.15) is 0 Å². The quantitative estimate of drug-likeness (QED) is 0.682. The fraction of sp³-hybridized carbons (Fsp3) is 0.0769. The van der Waals surface area contributed by atoms with Crippen LogP contribution >= 0.6 is 11.6 Å². The van der Waals surface area contributed by atoms with Gasteiger partial charge in [0.1, 0.15) is 11.6 Å². The van der Waals surface area contributed by atoms with Gasteiger partial charge in [-0.15, -0.1) is 0 Å². The van der Waals surface area contributed by atoms with Gasteiger partial charge in [-0.25, -0.2) is 8.78 Å². The fourth-order valence-electron chi connectivity index (χ4n) is 1.67. The van der Waals surface area contributed by atoms with Crippen LogP contribution in [-0.2, 0) is 6.54 Å².